The van der Waals surface area contributed by atoms with Crippen LogP contribution in [0.25, 0.3) is 0 Å². The fraction of sp³-hybridized carbons (Fsp3) is 0.467. The zero-order valence-electron chi connectivity index (χ0n) is 11.6. The molecule has 2 unspecified atom stereocenters. The van der Waals surface area contributed by atoms with Crippen molar-refractivity contribution in [1.82, 2.24) is 10.6 Å². The molecule has 1 saturated carbocycles. The molecule has 1 aromatic carbocycles. The van der Waals surface area contributed by atoms with Crippen molar-refractivity contribution in [3.05, 3.63) is 35.6 Å². The molecular weight excluding hydrogens is 275 g/mol. The molecule has 2 amide bonds. The van der Waals surface area contributed by atoms with E-state index in [1.165, 1.54) is 6.07 Å². The van der Waals surface area contributed by atoms with E-state index in [0.29, 0.717) is 37.8 Å². The summed E-state index contributed by atoms with van der Waals surface area (Å²) in [6, 6.07) is 6.02. The van der Waals surface area contributed by atoms with Crippen LogP contribution in [-0.2, 0) is 11.2 Å². The van der Waals surface area contributed by atoms with E-state index in [2.05, 4.69) is 10.6 Å². The van der Waals surface area contributed by atoms with Crippen LogP contribution in [-0.4, -0.2) is 29.7 Å². The average Bonchev–Trinajstić information content (AvgIpc) is 2.89. The van der Waals surface area contributed by atoms with Gasteiger partial charge in [-0.25, -0.2) is 9.18 Å². The van der Waals surface area contributed by atoms with Crippen molar-refractivity contribution in [3.8, 4) is 0 Å². The van der Waals surface area contributed by atoms with Crippen molar-refractivity contribution in [2.24, 2.45) is 5.92 Å². The van der Waals surface area contributed by atoms with E-state index in [1.807, 2.05) is 0 Å². The molecule has 6 heteroatoms. The van der Waals surface area contributed by atoms with Crippen LogP contribution in [0.3, 0.4) is 0 Å². The lowest BCUT2D eigenvalue weighted by atomic mass is 10.1. The van der Waals surface area contributed by atoms with Gasteiger partial charge in [0.25, 0.3) is 0 Å². The Labute approximate surface area is 122 Å². The first-order chi connectivity index (χ1) is 10.1. The first kappa shape index (κ1) is 15.3. The van der Waals surface area contributed by atoms with Gasteiger partial charge >= 0.3 is 12.0 Å². The summed E-state index contributed by atoms with van der Waals surface area (Å²) in [6.07, 6.45) is 2.16. The molecule has 0 radical (unpaired) electrons. The predicted molar refractivity (Wildman–Crippen MR) is 75.4 cm³/mol. The Morgan fingerprint density at radius 3 is 2.71 bits per heavy atom. The van der Waals surface area contributed by atoms with Crippen molar-refractivity contribution in [1.29, 1.82) is 0 Å². The van der Waals surface area contributed by atoms with E-state index < -0.39 is 5.97 Å². The lowest BCUT2D eigenvalue weighted by Crippen LogP contribution is -2.41. The third-order valence-electron chi connectivity index (χ3n) is 3.75. The van der Waals surface area contributed by atoms with Gasteiger partial charge in [-0.05, 0) is 37.3 Å². The molecule has 21 heavy (non-hydrogen) atoms. The Morgan fingerprint density at radius 2 is 2.05 bits per heavy atom. The molecule has 1 aliphatic rings. The summed E-state index contributed by atoms with van der Waals surface area (Å²) in [5.41, 5.74) is 0.560. The molecule has 1 aromatic rings. The van der Waals surface area contributed by atoms with Gasteiger partial charge in [-0.1, -0.05) is 18.2 Å². The zero-order chi connectivity index (χ0) is 15.2. The first-order valence-electron chi connectivity index (χ1n) is 7.07. The number of urea groups is 1. The standard InChI is InChI=1S/C15H19FN2O3/c16-13-4-2-1-3-10(13)7-8-17-15(21)18-12-6-5-11(9-12)14(19)20/h1-4,11-12H,5-9H2,(H,19,20)(H2,17,18,21). The maximum atomic E-state index is 13.4. The van der Waals surface area contributed by atoms with Crippen LogP contribution in [0, 0.1) is 11.7 Å². The van der Waals surface area contributed by atoms with E-state index in [1.54, 1.807) is 18.2 Å². The molecule has 2 atom stereocenters. The van der Waals surface area contributed by atoms with Crippen LogP contribution in [0.2, 0.25) is 0 Å². The fourth-order valence-electron chi connectivity index (χ4n) is 2.59. The molecule has 3 N–H and O–H groups in total. The third-order valence-corrected chi connectivity index (χ3v) is 3.75. The monoisotopic (exact) mass is 294 g/mol. The maximum Gasteiger partial charge on any atom is 0.315 e. The van der Waals surface area contributed by atoms with Gasteiger partial charge in [-0.3, -0.25) is 4.79 Å². The van der Waals surface area contributed by atoms with E-state index in [-0.39, 0.29) is 23.8 Å². The van der Waals surface area contributed by atoms with Crippen LogP contribution < -0.4 is 10.6 Å². The summed E-state index contributed by atoms with van der Waals surface area (Å²) in [7, 11) is 0. The largest absolute Gasteiger partial charge is 0.481 e. The number of hydrogen-bond acceptors (Lipinski definition) is 2. The number of amides is 2. The zero-order valence-corrected chi connectivity index (χ0v) is 11.6. The number of benzene rings is 1. The summed E-state index contributed by atoms with van der Waals surface area (Å²) >= 11 is 0. The predicted octanol–water partition coefficient (Wildman–Crippen LogP) is 1.92. The van der Waals surface area contributed by atoms with E-state index in [0.717, 1.165) is 0 Å². The first-order valence-corrected chi connectivity index (χ1v) is 7.07. The summed E-state index contributed by atoms with van der Waals surface area (Å²) in [5.74, 6) is -1.45. The highest BCUT2D eigenvalue weighted by molar-refractivity contribution is 5.75. The highest BCUT2D eigenvalue weighted by Crippen LogP contribution is 2.25. The molecule has 0 bridgehead atoms. The van der Waals surface area contributed by atoms with Crippen molar-refractivity contribution < 1.29 is 19.1 Å². The molecule has 0 heterocycles. The van der Waals surface area contributed by atoms with Crippen molar-refractivity contribution in [3.63, 3.8) is 0 Å². The third kappa shape index (κ3) is 4.44. The Kier molecular flexibility index (Phi) is 5.14. The summed E-state index contributed by atoms with van der Waals surface area (Å²) in [6.45, 7) is 0.335. The van der Waals surface area contributed by atoms with Gasteiger partial charge < -0.3 is 15.7 Å². The molecule has 0 aliphatic heterocycles. The quantitative estimate of drug-likeness (QED) is 0.776. The average molecular weight is 294 g/mol. The summed E-state index contributed by atoms with van der Waals surface area (Å²) < 4.78 is 13.4. The molecule has 5 nitrogen and oxygen atoms in total. The van der Waals surface area contributed by atoms with Gasteiger partial charge in [-0.2, -0.15) is 0 Å². The van der Waals surface area contributed by atoms with Gasteiger partial charge in [0.2, 0.25) is 0 Å². The van der Waals surface area contributed by atoms with Gasteiger partial charge in [0.05, 0.1) is 5.92 Å². The SMILES string of the molecule is O=C(NCCc1ccccc1F)NC1CCC(C(=O)O)C1. The van der Waals surface area contributed by atoms with Crippen LogP contribution in [0.5, 0.6) is 0 Å². The van der Waals surface area contributed by atoms with Gasteiger partial charge in [0.15, 0.2) is 0 Å². The number of halogens is 1. The fourth-order valence-corrected chi connectivity index (χ4v) is 2.59. The number of carbonyl (C=O) groups is 2. The van der Waals surface area contributed by atoms with Crippen molar-refractivity contribution >= 4 is 12.0 Å². The number of carboxylic acids is 1. The van der Waals surface area contributed by atoms with Gasteiger partial charge in [0, 0.05) is 12.6 Å². The van der Waals surface area contributed by atoms with Crippen molar-refractivity contribution in [2.75, 3.05) is 6.54 Å². The number of nitrogens with one attached hydrogen (secondary N) is 2. The van der Waals surface area contributed by atoms with Crippen LogP contribution in [0.1, 0.15) is 24.8 Å². The normalized spacial score (nSPS) is 21.0. The maximum absolute atomic E-state index is 13.4. The van der Waals surface area contributed by atoms with Crippen LogP contribution in [0.4, 0.5) is 9.18 Å². The van der Waals surface area contributed by atoms with Crippen molar-refractivity contribution in [2.45, 2.75) is 31.7 Å². The molecular formula is C15H19FN2O3. The highest BCUT2D eigenvalue weighted by atomic mass is 19.1. The number of aliphatic carboxylic acids is 1. The van der Waals surface area contributed by atoms with Gasteiger partial charge in [-0.15, -0.1) is 0 Å². The van der Waals surface area contributed by atoms with Gasteiger partial charge in [0.1, 0.15) is 5.82 Å². The molecule has 0 spiro atoms. The molecule has 2 rings (SSSR count). The number of rotatable bonds is 5. The lowest BCUT2D eigenvalue weighted by Gasteiger charge is -2.13. The minimum absolute atomic E-state index is 0.0976. The Bertz CT molecular complexity index is 521. The smallest absolute Gasteiger partial charge is 0.315 e. The number of hydrogen-bond donors (Lipinski definition) is 3. The second-order valence-corrected chi connectivity index (χ2v) is 5.29. The summed E-state index contributed by atoms with van der Waals surface area (Å²) in [5, 5.41) is 14.3. The summed E-state index contributed by atoms with van der Waals surface area (Å²) in [4.78, 5) is 22.5. The van der Waals surface area contributed by atoms with E-state index in [4.69, 9.17) is 5.11 Å². The molecule has 0 aromatic heterocycles. The number of carbonyl (C=O) groups excluding carboxylic acids is 1. The topological polar surface area (TPSA) is 78.4 Å². The Morgan fingerprint density at radius 1 is 1.29 bits per heavy atom. The molecule has 0 saturated heterocycles. The second-order valence-electron chi connectivity index (χ2n) is 5.29. The highest BCUT2D eigenvalue weighted by Gasteiger charge is 2.30. The minimum Gasteiger partial charge on any atom is -0.481 e. The minimum atomic E-state index is -0.806. The molecule has 1 aliphatic carbocycles. The second kappa shape index (κ2) is 7.06. The molecule has 1 fully saturated rings. The Hall–Kier alpha value is -2.11. The van der Waals surface area contributed by atoms with Crippen LogP contribution >= 0.6 is 0 Å². The number of carboxylic acid groups (broad SMARTS) is 1. The lowest BCUT2D eigenvalue weighted by molar-refractivity contribution is -0.141. The van der Waals surface area contributed by atoms with Crippen LogP contribution in [0.15, 0.2) is 24.3 Å². The molecule has 114 valence electrons. The van der Waals surface area contributed by atoms with E-state index in [9.17, 15) is 14.0 Å². The Balaban J connectivity index is 1.69. The van der Waals surface area contributed by atoms with E-state index >= 15 is 0 Å².